The van der Waals surface area contributed by atoms with E-state index < -0.39 is 0 Å². The van der Waals surface area contributed by atoms with Gasteiger partial charge in [-0.1, -0.05) is 36.8 Å². The molecule has 0 unspecified atom stereocenters. The number of nitrogens with zero attached hydrogens (tertiary/aromatic N) is 2. The zero-order valence-corrected chi connectivity index (χ0v) is 13.8. The molecule has 0 saturated heterocycles. The van der Waals surface area contributed by atoms with Crippen molar-refractivity contribution in [3.8, 4) is 5.88 Å². The van der Waals surface area contributed by atoms with Crippen molar-refractivity contribution < 1.29 is 4.74 Å². The summed E-state index contributed by atoms with van der Waals surface area (Å²) in [5, 5.41) is 7.81. The minimum Gasteiger partial charge on any atom is -0.473 e. The van der Waals surface area contributed by atoms with Gasteiger partial charge >= 0.3 is 0 Å². The third kappa shape index (κ3) is 4.24. The lowest BCUT2D eigenvalue weighted by atomic mass is 9.85. The minimum absolute atomic E-state index is 0. The molecular formula is C17H24ClN3O. The van der Waals surface area contributed by atoms with Crippen molar-refractivity contribution in [1.29, 1.82) is 0 Å². The summed E-state index contributed by atoms with van der Waals surface area (Å²) in [6.45, 7) is 2.35. The summed E-state index contributed by atoms with van der Waals surface area (Å²) in [6.07, 6.45) is 3.99. The Bertz CT molecular complexity index is 567. The van der Waals surface area contributed by atoms with Gasteiger partial charge in [-0.05, 0) is 31.4 Å². The van der Waals surface area contributed by atoms with E-state index in [0.29, 0.717) is 6.61 Å². The first kappa shape index (κ1) is 16.8. The van der Waals surface area contributed by atoms with E-state index >= 15 is 0 Å². The molecule has 22 heavy (non-hydrogen) atoms. The van der Waals surface area contributed by atoms with Gasteiger partial charge in [0.2, 0.25) is 5.88 Å². The molecule has 3 rings (SSSR count). The van der Waals surface area contributed by atoms with E-state index in [4.69, 9.17) is 4.74 Å². The summed E-state index contributed by atoms with van der Waals surface area (Å²) in [5.41, 5.74) is 2.23. The normalized spacial score (nSPS) is 14.2. The minimum atomic E-state index is 0. The zero-order chi connectivity index (χ0) is 14.5. The van der Waals surface area contributed by atoms with Crippen LogP contribution in [0.15, 0.2) is 36.4 Å². The highest BCUT2D eigenvalue weighted by atomic mass is 35.5. The molecule has 1 aliphatic carbocycles. The molecule has 2 aromatic rings. The fourth-order valence-corrected chi connectivity index (χ4v) is 2.62. The number of hydrogen-bond acceptors (Lipinski definition) is 3. The molecule has 1 heterocycles. The molecule has 0 radical (unpaired) electrons. The molecular weight excluding hydrogens is 298 g/mol. The Balaban J connectivity index is 0.00000176. The molecule has 0 bridgehead atoms. The van der Waals surface area contributed by atoms with Crippen molar-refractivity contribution in [3.05, 3.63) is 47.7 Å². The lowest BCUT2D eigenvalue weighted by Gasteiger charge is -2.25. The van der Waals surface area contributed by atoms with Crippen LogP contribution in [0, 0.1) is 5.92 Å². The first-order valence-electron chi connectivity index (χ1n) is 7.73. The molecule has 1 saturated carbocycles. The molecule has 1 fully saturated rings. The predicted octanol–water partition coefficient (Wildman–Crippen LogP) is 3.40. The standard InChI is InChI=1S/C17H23N3O.ClH/c1-18-11-16-10-17(20(19-16)12-14-8-5-9-14)21-13-15-6-3-2-4-7-15;/h2-4,6-7,10,14,18H,5,8-9,11-13H2,1H3;1H. The molecule has 5 heteroatoms. The summed E-state index contributed by atoms with van der Waals surface area (Å²) in [5.74, 6) is 1.66. The predicted molar refractivity (Wildman–Crippen MR) is 90.4 cm³/mol. The van der Waals surface area contributed by atoms with Crippen molar-refractivity contribution in [1.82, 2.24) is 15.1 Å². The SMILES string of the molecule is CNCc1cc(OCc2ccccc2)n(CC2CCC2)n1.Cl. The second-order valence-electron chi connectivity index (χ2n) is 5.76. The smallest absolute Gasteiger partial charge is 0.212 e. The van der Waals surface area contributed by atoms with Crippen molar-refractivity contribution in [3.63, 3.8) is 0 Å². The van der Waals surface area contributed by atoms with Gasteiger partial charge in [-0.3, -0.25) is 0 Å². The number of hydrogen-bond donors (Lipinski definition) is 1. The number of aromatic nitrogens is 2. The molecule has 1 aromatic heterocycles. The van der Waals surface area contributed by atoms with Gasteiger partial charge in [0.1, 0.15) is 6.61 Å². The summed E-state index contributed by atoms with van der Waals surface area (Å²) in [7, 11) is 1.94. The third-order valence-electron chi connectivity index (χ3n) is 4.04. The Labute approximate surface area is 138 Å². The maximum atomic E-state index is 5.99. The fourth-order valence-electron chi connectivity index (χ4n) is 2.62. The number of rotatable bonds is 7. The van der Waals surface area contributed by atoms with Crippen molar-refractivity contribution in [2.75, 3.05) is 7.05 Å². The lowest BCUT2D eigenvalue weighted by Crippen LogP contribution is -2.19. The number of benzene rings is 1. The Morgan fingerprint density at radius 3 is 2.68 bits per heavy atom. The van der Waals surface area contributed by atoms with Crippen LogP contribution in [0.5, 0.6) is 5.88 Å². The van der Waals surface area contributed by atoms with Crippen LogP contribution in [-0.2, 0) is 19.7 Å². The maximum Gasteiger partial charge on any atom is 0.212 e. The molecule has 1 aromatic carbocycles. The van der Waals surface area contributed by atoms with Crippen LogP contribution in [0.1, 0.15) is 30.5 Å². The summed E-state index contributed by atoms with van der Waals surface area (Å²) in [4.78, 5) is 0. The van der Waals surface area contributed by atoms with Crippen LogP contribution in [0.25, 0.3) is 0 Å². The molecule has 0 amide bonds. The average molecular weight is 322 g/mol. The largest absolute Gasteiger partial charge is 0.473 e. The first-order valence-corrected chi connectivity index (χ1v) is 7.73. The molecule has 4 nitrogen and oxygen atoms in total. The summed E-state index contributed by atoms with van der Waals surface area (Å²) < 4.78 is 8.03. The second-order valence-corrected chi connectivity index (χ2v) is 5.76. The van der Waals surface area contributed by atoms with E-state index in [2.05, 4.69) is 28.6 Å². The van der Waals surface area contributed by atoms with Gasteiger partial charge in [0.25, 0.3) is 0 Å². The van der Waals surface area contributed by atoms with Crippen molar-refractivity contribution >= 4 is 12.4 Å². The Morgan fingerprint density at radius 2 is 2.05 bits per heavy atom. The van der Waals surface area contributed by atoms with Gasteiger partial charge in [0.05, 0.1) is 5.69 Å². The van der Waals surface area contributed by atoms with E-state index in [-0.39, 0.29) is 12.4 Å². The van der Waals surface area contributed by atoms with Crippen molar-refractivity contribution in [2.45, 2.75) is 39.0 Å². The van der Waals surface area contributed by atoms with Gasteiger partial charge < -0.3 is 10.1 Å². The number of nitrogens with one attached hydrogen (secondary N) is 1. The summed E-state index contributed by atoms with van der Waals surface area (Å²) >= 11 is 0. The first-order chi connectivity index (χ1) is 10.3. The van der Waals surface area contributed by atoms with Gasteiger partial charge in [0, 0.05) is 19.2 Å². The molecule has 1 N–H and O–H groups in total. The zero-order valence-electron chi connectivity index (χ0n) is 13.0. The Kier molecular flexibility index (Phi) is 6.28. The summed E-state index contributed by atoms with van der Waals surface area (Å²) in [6, 6.07) is 12.3. The molecule has 120 valence electrons. The highest BCUT2D eigenvalue weighted by Crippen LogP contribution is 2.29. The molecule has 1 aliphatic rings. The van der Waals surface area contributed by atoms with E-state index in [9.17, 15) is 0 Å². The van der Waals surface area contributed by atoms with E-state index in [1.54, 1.807) is 0 Å². The average Bonchev–Trinajstić information content (AvgIpc) is 2.84. The van der Waals surface area contributed by atoms with Crippen molar-refractivity contribution in [2.24, 2.45) is 5.92 Å². The van der Waals surface area contributed by atoms with E-state index in [1.165, 1.54) is 24.8 Å². The highest BCUT2D eigenvalue weighted by Gasteiger charge is 2.20. The monoisotopic (exact) mass is 321 g/mol. The Hall–Kier alpha value is -1.52. The van der Waals surface area contributed by atoms with Gasteiger partial charge in [0.15, 0.2) is 0 Å². The number of ether oxygens (including phenoxy) is 1. The molecule has 0 atom stereocenters. The number of halogens is 1. The van der Waals surface area contributed by atoms with E-state index in [1.807, 2.05) is 29.9 Å². The van der Waals surface area contributed by atoms with Crippen LogP contribution < -0.4 is 10.1 Å². The van der Waals surface area contributed by atoms with Gasteiger partial charge in [-0.2, -0.15) is 5.10 Å². The van der Waals surface area contributed by atoms with Gasteiger partial charge in [-0.25, -0.2) is 4.68 Å². The second kappa shape index (κ2) is 8.20. The maximum absolute atomic E-state index is 5.99. The Morgan fingerprint density at radius 1 is 1.27 bits per heavy atom. The van der Waals surface area contributed by atoms with Crippen LogP contribution in [0.2, 0.25) is 0 Å². The lowest BCUT2D eigenvalue weighted by molar-refractivity contribution is 0.226. The van der Waals surface area contributed by atoms with Gasteiger partial charge in [-0.15, -0.1) is 12.4 Å². The van der Waals surface area contributed by atoms with Crippen LogP contribution in [-0.4, -0.2) is 16.8 Å². The molecule has 0 aliphatic heterocycles. The van der Waals surface area contributed by atoms with Crippen LogP contribution in [0.3, 0.4) is 0 Å². The third-order valence-corrected chi connectivity index (χ3v) is 4.04. The molecule has 0 spiro atoms. The fraction of sp³-hybridized carbons (Fsp3) is 0.471. The van der Waals surface area contributed by atoms with E-state index in [0.717, 1.165) is 30.6 Å². The van der Waals surface area contributed by atoms with Crippen LogP contribution >= 0.6 is 12.4 Å². The quantitative estimate of drug-likeness (QED) is 0.849. The highest BCUT2D eigenvalue weighted by molar-refractivity contribution is 5.85. The topological polar surface area (TPSA) is 39.1 Å². The van der Waals surface area contributed by atoms with Crippen LogP contribution in [0.4, 0.5) is 0 Å².